The van der Waals surface area contributed by atoms with E-state index in [0.29, 0.717) is 24.7 Å². The topological polar surface area (TPSA) is 34.1 Å². The minimum atomic E-state index is 0.291. The molecule has 0 aromatic rings. The van der Waals surface area contributed by atoms with Gasteiger partial charge in [0.05, 0.1) is 12.6 Å². The van der Waals surface area contributed by atoms with Crippen LogP contribution in [0.3, 0.4) is 0 Å². The summed E-state index contributed by atoms with van der Waals surface area (Å²) in [7, 11) is 1.63. The lowest BCUT2D eigenvalue weighted by atomic mass is 10.2. The van der Waals surface area contributed by atoms with Crippen LogP contribution in [0.1, 0.15) is 0 Å². The summed E-state index contributed by atoms with van der Waals surface area (Å²) in [6.45, 7) is 3.07. The molecule has 0 aromatic heterocycles. The van der Waals surface area contributed by atoms with Crippen LogP contribution in [0.15, 0.2) is 4.99 Å². The van der Waals surface area contributed by atoms with Crippen molar-refractivity contribution in [2.24, 2.45) is 4.99 Å². The van der Waals surface area contributed by atoms with Crippen molar-refractivity contribution in [1.29, 1.82) is 0 Å². The van der Waals surface area contributed by atoms with Crippen molar-refractivity contribution >= 4 is 29.6 Å². The van der Waals surface area contributed by atoms with Gasteiger partial charge in [-0.1, -0.05) is 11.8 Å². The van der Waals surface area contributed by atoms with E-state index in [-0.39, 0.29) is 0 Å². The Morgan fingerprint density at radius 2 is 2.40 bits per heavy atom. The predicted molar refractivity (Wildman–Crippen MR) is 65.9 cm³/mol. The lowest BCUT2D eigenvalue weighted by molar-refractivity contribution is -0.0330. The van der Waals surface area contributed by atoms with E-state index in [1.54, 1.807) is 7.11 Å². The number of thioether (sulfide) groups is 1. The van der Waals surface area contributed by atoms with E-state index in [4.69, 9.17) is 9.47 Å². The Bertz CT molecular complexity index is 244. The van der Waals surface area contributed by atoms with Gasteiger partial charge < -0.3 is 14.4 Å². The quantitative estimate of drug-likeness (QED) is 0.451. The summed E-state index contributed by atoms with van der Waals surface area (Å²) in [6, 6.07) is 0.291. The minimum absolute atomic E-state index is 0.291. The Kier molecular flexibility index (Phi) is 4.19. The molecule has 0 N–H and O–H groups in total. The lowest BCUT2D eigenvalue weighted by Gasteiger charge is -2.37. The maximum absolute atomic E-state index is 5.29. The van der Waals surface area contributed by atoms with Crippen molar-refractivity contribution in [1.82, 2.24) is 4.90 Å². The summed E-state index contributed by atoms with van der Waals surface area (Å²) in [6.07, 6.45) is 0. The molecule has 6 heteroatoms. The van der Waals surface area contributed by atoms with Gasteiger partial charge in [-0.3, -0.25) is 4.99 Å². The summed E-state index contributed by atoms with van der Waals surface area (Å²) >= 11 is 6.20. The van der Waals surface area contributed by atoms with Gasteiger partial charge in [-0.05, 0) is 0 Å². The number of hydrogen-bond acceptors (Lipinski definition) is 6. The molecular weight excluding hydrogens is 232 g/mol. The molecular formula is C9H16N2O2S2. The van der Waals surface area contributed by atoms with E-state index >= 15 is 0 Å². The van der Waals surface area contributed by atoms with Gasteiger partial charge in [0.2, 0.25) is 0 Å². The van der Waals surface area contributed by atoms with Crippen LogP contribution in [-0.2, 0) is 9.47 Å². The van der Waals surface area contributed by atoms with Crippen LogP contribution in [0.5, 0.6) is 0 Å². The average molecular weight is 248 g/mol. The highest BCUT2D eigenvalue weighted by atomic mass is 32.2. The maximum Gasteiger partial charge on any atom is 0.159 e. The van der Waals surface area contributed by atoms with E-state index in [1.165, 1.54) is 0 Å². The molecule has 1 atom stereocenters. The molecule has 0 radical (unpaired) electrons. The second-order valence-electron chi connectivity index (χ2n) is 3.71. The molecule has 1 unspecified atom stereocenters. The van der Waals surface area contributed by atoms with Gasteiger partial charge >= 0.3 is 0 Å². The molecule has 86 valence electrons. The van der Waals surface area contributed by atoms with Crippen molar-refractivity contribution < 1.29 is 9.47 Å². The van der Waals surface area contributed by atoms with Gasteiger partial charge in [-0.2, -0.15) is 12.6 Å². The third kappa shape index (κ3) is 3.03. The molecule has 2 aliphatic rings. The first-order chi connectivity index (χ1) is 7.29. The van der Waals surface area contributed by atoms with Crippen LogP contribution in [-0.4, -0.2) is 60.7 Å². The number of thiol groups is 1. The molecule has 0 aromatic carbocycles. The molecule has 1 saturated heterocycles. The van der Waals surface area contributed by atoms with Crippen LogP contribution >= 0.6 is 24.4 Å². The predicted octanol–water partition coefficient (Wildman–Crippen LogP) is 0.692. The number of hydrogen-bond donors (Lipinski definition) is 1. The van der Waals surface area contributed by atoms with E-state index in [9.17, 15) is 0 Å². The molecule has 0 spiro atoms. The summed E-state index contributed by atoms with van der Waals surface area (Å²) in [4.78, 5) is 6.88. The standard InChI is InChI=1S/C9H16N2O2S2/c1-12-6-13-4-7-5-15-9(10-7)11-2-8(14)3-11/h7-8,14H,2-6H2,1H3. The molecule has 15 heavy (non-hydrogen) atoms. The first kappa shape index (κ1) is 11.6. The van der Waals surface area contributed by atoms with E-state index in [1.807, 2.05) is 11.8 Å². The van der Waals surface area contributed by atoms with Crippen LogP contribution in [0.4, 0.5) is 0 Å². The molecule has 2 aliphatic heterocycles. The Hall–Kier alpha value is 0.0900. The highest BCUT2D eigenvalue weighted by molar-refractivity contribution is 8.14. The maximum atomic E-state index is 5.29. The normalized spacial score (nSPS) is 26.7. The molecule has 2 rings (SSSR count). The number of nitrogens with zero attached hydrogens (tertiary/aromatic N) is 2. The van der Waals surface area contributed by atoms with Crippen LogP contribution in [0.25, 0.3) is 0 Å². The smallest absolute Gasteiger partial charge is 0.159 e. The van der Waals surface area contributed by atoms with Crippen LogP contribution in [0, 0.1) is 0 Å². The van der Waals surface area contributed by atoms with Crippen molar-refractivity contribution in [3.05, 3.63) is 0 Å². The third-order valence-corrected chi connectivity index (χ3v) is 3.84. The number of rotatable bonds is 4. The van der Waals surface area contributed by atoms with Crippen LogP contribution < -0.4 is 0 Å². The first-order valence-corrected chi connectivity index (χ1v) is 6.50. The van der Waals surface area contributed by atoms with Crippen molar-refractivity contribution in [2.75, 3.05) is 39.4 Å². The minimum Gasteiger partial charge on any atom is -0.359 e. The molecule has 4 nitrogen and oxygen atoms in total. The number of ether oxygens (including phenoxy) is 2. The average Bonchev–Trinajstić information content (AvgIpc) is 2.62. The SMILES string of the molecule is COCOCC1CSC(N2CC(S)C2)=N1. The molecule has 0 saturated carbocycles. The molecule has 0 bridgehead atoms. The zero-order valence-corrected chi connectivity index (χ0v) is 10.5. The van der Waals surface area contributed by atoms with Gasteiger partial charge in [-0.25, -0.2) is 0 Å². The highest BCUT2D eigenvalue weighted by Crippen LogP contribution is 2.26. The highest BCUT2D eigenvalue weighted by Gasteiger charge is 2.30. The molecule has 0 amide bonds. The largest absolute Gasteiger partial charge is 0.359 e. The lowest BCUT2D eigenvalue weighted by Crippen LogP contribution is -2.49. The first-order valence-electron chi connectivity index (χ1n) is 5.00. The van der Waals surface area contributed by atoms with E-state index in [0.717, 1.165) is 24.0 Å². The van der Waals surface area contributed by atoms with Crippen molar-refractivity contribution in [3.8, 4) is 0 Å². The van der Waals surface area contributed by atoms with Gasteiger partial charge in [-0.15, -0.1) is 0 Å². The molecule has 1 fully saturated rings. The van der Waals surface area contributed by atoms with Gasteiger partial charge in [0, 0.05) is 31.2 Å². The Labute approximate surface area is 99.8 Å². The summed E-state index contributed by atoms with van der Waals surface area (Å²) in [5, 5.41) is 1.68. The fraction of sp³-hybridized carbons (Fsp3) is 0.889. The molecule has 0 aliphatic carbocycles. The van der Waals surface area contributed by atoms with Gasteiger partial charge in [0.1, 0.15) is 6.79 Å². The van der Waals surface area contributed by atoms with Gasteiger partial charge in [0.25, 0.3) is 0 Å². The summed E-state index contributed by atoms with van der Waals surface area (Å²) in [5.74, 6) is 1.02. The Morgan fingerprint density at radius 1 is 1.60 bits per heavy atom. The zero-order chi connectivity index (χ0) is 10.7. The third-order valence-electron chi connectivity index (χ3n) is 2.34. The summed E-state index contributed by atoms with van der Waals surface area (Å²) < 4.78 is 10.1. The van der Waals surface area contributed by atoms with Crippen molar-refractivity contribution in [3.63, 3.8) is 0 Å². The second-order valence-corrected chi connectivity index (χ2v) is 5.43. The number of aliphatic imine (C=N–C) groups is 1. The van der Waals surface area contributed by atoms with Crippen LogP contribution in [0.2, 0.25) is 0 Å². The van der Waals surface area contributed by atoms with Gasteiger partial charge in [0.15, 0.2) is 5.17 Å². The fourth-order valence-electron chi connectivity index (χ4n) is 1.54. The van der Waals surface area contributed by atoms with E-state index < -0.39 is 0 Å². The zero-order valence-electron chi connectivity index (χ0n) is 8.76. The number of amidine groups is 1. The number of methoxy groups -OCH3 is 1. The number of likely N-dealkylation sites (tertiary alicyclic amines) is 1. The monoisotopic (exact) mass is 248 g/mol. The molecule has 2 heterocycles. The fourth-order valence-corrected chi connectivity index (χ4v) is 3.00. The van der Waals surface area contributed by atoms with Crippen molar-refractivity contribution in [2.45, 2.75) is 11.3 Å². The Morgan fingerprint density at radius 3 is 3.07 bits per heavy atom. The van der Waals surface area contributed by atoms with E-state index in [2.05, 4.69) is 22.5 Å². The summed E-state index contributed by atoms with van der Waals surface area (Å²) in [5.41, 5.74) is 0. The Balaban J connectivity index is 1.71. The second kappa shape index (κ2) is 5.43.